The van der Waals surface area contributed by atoms with Gasteiger partial charge in [-0.3, -0.25) is 9.10 Å². The van der Waals surface area contributed by atoms with E-state index in [1.807, 2.05) is 13.8 Å². The molecule has 0 saturated carbocycles. The maximum absolute atomic E-state index is 14.0. The lowest BCUT2D eigenvalue weighted by atomic mass is 9.82. The van der Waals surface area contributed by atoms with E-state index in [1.165, 1.54) is 52.7 Å². The summed E-state index contributed by atoms with van der Waals surface area (Å²) in [4.78, 5) is 13.2. The number of nitrogens with one attached hydrogen (secondary N) is 1. The summed E-state index contributed by atoms with van der Waals surface area (Å²) in [5, 5.41) is 2.98. The Hall–Kier alpha value is -3.14. The summed E-state index contributed by atoms with van der Waals surface area (Å²) in [7, 11) is 1.53. The molecule has 2 aromatic carbocycles. The number of methoxy groups -OCH3 is 4. The van der Waals surface area contributed by atoms with E-state index >= 15 is 0 Å². The fourth-order valence-electron chi connectivity index (χ4n) is 4.31. The zero-order valence-electron chi connectivity index (χ0n) is 22.6. The van der Waals surface area contributed by atoms with Crippen LogP contribution in [-0.4, -0.2) is 54.8 Å². The molecule has 200 valence electrons. The highest BCUT2D eigenvalue weighted by atomic mass is 32.2. The van der Waals surface area contributed by atoms with Crippen LogP contribution in [0.15, 0.2) is 41.3 Å². The maximum atomic E-state index is 14.0. The highest BCUT2D eigenvalue weighted by molar-refractivity contribution is 7.92. The molecule has 1 N–H and O–H groups in total. The quantitative estimate of drug-likeness (QED) is 0.471. The number of amides is 1. The van der Waals surface area contributed by atoms with Crippen molar-refractivity contribution in [2.75, 3.05) is 39.3 Å². The predicted octanol–water partition coefficient (Wildman–Crippen LogP) is 4.25. The molecule has 0 bridgehead atoms. The minimum absolute atomic E-state index is 0.0434. The largest absolute Gasteiger partial charge is 0.497 e. The first-order valence-electron chi connectivity index (χ1n) is 11.5. The number of rotatable bonds is 11. The maximum Gasteiger partial charge on any atom is 0.265 e. The monoisotopic (exact) mass is 522 g/mol. The lowest BCUT2D eigenvalue weighted by Gasteiger charge is -2.34. The number of benzene rings is 2. The SMILES string of the molecule is COc1ccc(OC)c(N(CC(=O)NC(C)(C)CC(C)(C)C)S(=O)(=O)c2ccc(OC)c(OC)c2)c1. The third-order valence-electron chi connectivity index (χ3n) is 5.34. The Morgan fingerprint density at radius 3 is 1.94 bits per heavy atom. The van der Waals surface area contributed by atoms with Gasteiger partial charge in [0, 0.05) is 17.7 Å². The second-order valence-electron chi connectivity index (χ2n) is 10.2. The van der Waals surface area contributed by atoms with Gasteiger partial charge in [-0.25, -0.2) is 8.42 Å². The summed E-state index contributed by atoms with van der Waals surface area (Å²) in [6, 6.07) is 9.01. The molecular weight excluding hydrogens is 484 g/mol. The van der Waals surface area contributed by atoms with Crippen molar-refractivity contribution < 1.29 is 32.2 Å². The van der Waals surface area contributed by atoms with Crippen molar-refractivity contribution in [3.8, 4) is 23.0 Å². The second-order valence-corrected chi connectivity index (χ2v) is 12.1. The zero-order valence-corrected chi connectivity index (χ0v) is 23.4. The van der Waals surface area contributed by atoms with E-state index in [0.29, 0.717) is 17.9 Å². The number of carbonyl (C=O) groups excluding carboxylic acids is 1. The molecule has 1 amide bonds. The first-order chi connectivity index (χ1) is 16.7. The molecule has 0 saturated heterocycles. The van der Waals surface area contributed by atoms with Crippen LogP contribution in [0.2, 0.25) is 0 Å². The van der Waals surface area contributed by atoms with E-state index in [-0.39, 0.29) is 27.5 Å². The summed E-state index contributed by atoms with van der Waals surface area (Å²) in [6.45, 7) is 9.58. The van der Waals surface area contributed by atoms with Gasteiger partial charge in [-0.05, 0) is 49.9 Å². The highest BCUT2D eigenvalue weighted by Gasteiger charge is 2.33. The number of sulfonamides is 1. The average molecular weight is 523 g/mol. The molecule has 2 aromatic rings. The summed E-state index contributed by atoms with van der Waals surface area (Å²) >= 11 is 0. The van der Waals surface area contributed by atoms with Crippen molar-refractivity contribution in [2.45, 2.75) is 51.5 Å². The van der Waals surface area contributed by atoms with Crippen LogP contribution in [0.3, 0.4) is 0 Å². The van der Waals surface area contributed by atoms with Crippen LogP contribution < -0.4 is 28.6 Å². The normalized spacial score (nSPS) is 12.0. The molecular formula is C26H38N2O7S. The Balaban J connectivity index is 2.61. The van der Waals surface area contributed by atoms with Gasteiger partial charge in [-0.2, -0.15) is 0 Å². The van der Waals surface area contributed by atoms with E-state index in [9.17, 15) is 13.2 Å². The number of hydrogen-bond donors (Lipinski definition) is 1. The fraction of sp³-hybridized carbons (Fsp3) is 0.500. The second kappa shape index (κ2) is 11.3. The molecule has 0 aliphatic heterocycles. The molecule has 10 heteroatoms. The van der Waals surface area contributed by atoms with Crippen LogP contribution in [0.1, 0.15) is 41.0 Å². The highest BCUT2D eigenvalue weighted by Crippen LogP contribution is 2.37. The first kappa shape index (κ1) is 29.1. The van der Waals surface area contributed by atoms with Gasteiger partial charge < -0.3 is 24.3 Å². The standard InChI is InChI=1S/C26H38N2O7S/c1-25(2,3)17-26(4,5)27-24(29)16-28(20-14-18(32-6)10-12-21(20)33-7)36(30,31)19-11-13-22(34-8)23(15-19)35-9/h10-15H,16-17H2,1-9H3,(H,27,29). The predicted molar refractivity (Wildman–Crippen MR) is 140 cm³/mol. The first-order valence-corrected chi connectivity index (χ1v) is 12.9. The van der Waals surface area contributed by atoms with Gasteiger partial charge in [0.15, 0.2) is 11.5 Å². The van der Waals surface area contributed by atoms with E-state index < -0.39 is 28.0 Å². The molecule has 0 aliphatic rings. The Morgan fingerprint density at radius 1 is 0.833 bits per heavy atom. The average Bonchev–Trinajstić information content (AvgIpc) is 2.79. The molecule has 0 heterocycles. The lowest BCUT2D eigenvalue weighted by Crippen LogP contribution is -2.50. The Kier molecular flexibility index (Phi) is 9.12. The molecule has 0 aromatic heterocycles. The summed E-state index contributed by atoms with van der Waals surface area (Å²) in [6.07, 6.45) is 0.691. The number of nitrogens with zero attached hydrogens (tertiary/aromatic N) is 1. The molecule has 0 fully saturated rings. The van der Waals surface area contributed by atoms with Crippen molar-refractivity contribution in [3.05, 3.63) is 36.4 Å². The minimum atomic E-state index is -4.25. The fourth-order valence-corrected chi connectivity index (χ4v) is 5.75. The van der Waals surface area contributed by atoms with Gasteiger partial charge in [-0.15, -0.1) is 0 Å². The smallest absolute Gasteiger partial charge is 0.265 e. The van der Waals surface area contributed by atoms with Crippen LogP contribution in [0.4, 0.5) is 5.69 Å². The zero-order chi connectivity index (χ0) is 27.3. The van der Waals surface area contributed by atoms with E-state index in [2.05, 4.69) is 26.1 Å². The van der Waals surface area contributed by atoms with Crippen LogP contribution in [0, 0.1) is 5.41 Å². The van der Waals surface area contributed by atoms with Crippen molar-refractivity contribution in [1.29, 1.82) is 0 Å². The van der Waals surface area contributed by atoms with Crippen LogP contribution in [0.25, 0.3) is 0 Å². The molecule has 0 spiro atoms. The van der Waals surface area contributed by atoms with Crippen molar-refractivity contribution in [1.82, 2.24) is 5.32 Å². The third-order valence-corrected chi connectivity index (χ3v) is 7.09. The van der Waals surface area contributed by atoms with Gasteiger partial charge in [0.2, 0.25) is 5.91 Å². The van der Waals surface area contributed by atoms with Gasteiger partial charge in [-0.1, -0.05) is 20.8 Å². The van der Waals surface area contributed by atoms with Gasteiger partial charge in [0.25, 0.3) is 10.0 Å². The van der Waals surface area contributed by atoms with Crippen molar-refractivity contribution >= 4 is 21.6 Å². The molecule has 36 heavy (non-hydrogen) atoms. The Bertz CT molecular complexity index is 1170. The molecule has 0 atom stereocenters. The summed E-state index contributed by atoms with van der Waals surface area (Å²) < 4.78 is 50.2. The summed E-state index contributed by atoms with van der Waals surface area (Å²) in [5.41, 5.74) is -0.444. The molecule has 0 radical (unpaired) electrons. The van der Waals surface area contributed by atoms with Gasteiger partial charge >= 0.3 is 0 Å². The number of anilines is 1. The minimum Gasteiger partial charge on any atom is -0.497 e. The summed E-state index contributed by atoms with van der Waals surface area (Å²) in [5.74, 6) is 0.835. The molecule has 2 rings (SSSR count). The number of carbonyl (C=O) groups is 1. The van der Waals surface area contributed by atoms with E-state index in [0.717, 1.165) is 4.31 Å². The van der Waals surface area contributed by atoms with Crippen molar-refractivity contribution in [2.24, 2.45) is 5.41 Å². The van der Waals surface area contributed by atoms with E-state index in [4.69, 9.17) is 18.9 Å². The van der Waals surface area contributed by atoms with Crippen molar-refractivity contribution in [3.63, 3.8) is 0 Å². The Labute approximate surface area is 214 Å². The lowest BCUT2D eigenvalue weighted by molar-refractivity contribution is -0.121. The molecule has 0 aliphatic carbocycles. The number of ether oxygens (including phenoxy) is 4. The number of hydrogen-bond acceptors (Lipinski definition) is 7. The van der Waals surface area contributed by atoms with E-state index in [1.54, 1.807) is 12.1 Å². The Morgan fingerprint density at radius 2 is 1.42 bits per heavy atom. The third kappa shape index (κ3) is 7.19. The van der Waals surface area contributed by atoms with Gasteiger partial charge in [0.05, 0.1) is 39.0 Å². The van der Waals surface area contributed by atoms with Crippen LogP contribution in [0.5, 0.6) is 23.0 Å². The van der Waals surface area contributed by atoms with Crippen LogP contribution >= 0.6 is 0 Å². The molecule has 0 unspecified atom stereocenters. The van der Waals surface area contributed by atoms with Crippen LogP contribution in [-0.2, 0) is 14.8 Å². The van der Waals surface area contributed by atoms with Gasteiger partial charge in [0.1, 0.15) is 18.0 Å². The topological polar surface area (TPSA) is 103 Å². The molecule has 9 nitrogen and oxygen atoms in total.